The fraction of sp³-hybridized carbons (Fsp3) is 0.483. The Bertz CT molecular complexity index is 1380. The van der Waals surface area contributed by atoms with Crippen LogP contribution in [0.3, 0.4) is 0 Å². The highest BCUT2D eigenvalue weighted by Crippen LogP contribution is 2.34. The van der Waals surface area contributed by atoms with E-state index in [0.29, 0.717) is 38.3 Å². The highest BCUT2D eigenvalue weighted by Gasteiger charge is 2.38. The lowest BCUT2D eigenvalue weighted by Gasteiger charge is -2.35. The molecule has 0 saturated carbocycles. The summed E-state index contributed by atoms with van der Waals surface area (Å²) in [5.74, 6) is -4.62. The Morgan fingerprint density at radius 3 is 1.39 bits per heavy atom. The summed E-state index contributed by atoms with van der Waals surface area (Å²) in [6.07, 6.45) is -10.2. The fourth-order valence-corrected chi connectivity index (χ4v) is 4.46. The number of alkyl halides is 6. The van der Waals surface area contributed by atoms with Gasteiger partial charge in [0, 0.05) is 52.4 Å². The van der Waals surface area contributed by atoms with E-state index < -0.39 is 69.7 Å². The molecule has 8 nitrogen and oxygen atoms in total. The van der Waals surface area contributed by atoms with E-state index in [2.05, 4.69) is 5.32 Å². The largest absolute Gasteiger partial charge is 0.444 e. The van der Waals surface area contributed by atoms with Crippen LogP contribution in [-0.2, 0) is 17.1 Å². The van der Waals surface area contributed by atoms with Gasteiger partial charge in [0.1, 0.15) is 17.2 Å². The number of hydrogen-bond acceptors (Lipinski definition) is 5. The van der Waals surface area contributed by atoms with Gasteiger partial charge in [-0.1, -0.05) is 12.1 Å². The number of ether oxygens (including phenoxy) is 1. The van der Waals surface area contributed by atoms with Crippen molar-refractivity contribution >= 4 is 30.3 Å². The Morgan fingerprint density at radius 2 is 1.02 bits per heavy atom. The second kappa shape index (κ2) is 15.3. The number of nitrogens with one attached hydrogen (secondary N) is 1. The van der Waals surface area contributed by atoms with Crippen LogP contribution in [0.4, 0.5) is 39.9 Å². The van der Waals surface area contributed by atoms with Crippen molar-refractivity contribution in [2.24, 2.45) is 0 Å². The van der Waals surface area contributed by atoms with Gasteiger partial charge in [-0.25, -0.2) is 13.6 Å². The van der Waals surface area contributed by atoms with Crippen LogP contribution < -0.4 is 5.32 Å². The van der Waals surface area contributed by atoms with Gasteiger partial charge in [-0.15, -0.1) is 12.4 Å². The van der Waals surface area contributed by atoms with Crippen molar-refractivity contribution in [1.82, 2.24) is 20.0 Å². The monoisotopic (exact) mass is 688 g/mol. The van der Waals surface area contributed by atoms with Crippen LogP contribution in [0.2, 0.25) is 0 Å². The van der Waals surface area contributed by atoms with Crippen molar-refractivity contribution in [3.8, 4) is 0 Å². The smallest absolute Gasteiger partial charge is 0.419 e. The number of piperazine rings is 2. The van der Waals surface area contributed by atoms with Gasteiger partial charge in [0.05, 0.1) is 22.3 Å². The summed E-state index contributed by atoms with van der Waals surface area (Å²) in [7, 11) is 0. The first kappa shape index (κ1) is 38.5. The Hall–Kier alpha value is -3.66. The second-order valence-corrected chi connectivity index (χ2v) is 11.1. The number of hydrogen-bond donors (Lipinski definition) is 1. The summed E-state index contributed by atoms with van der Waals surface area (Å²) in [6, 6.07) is 5.36. The fourth-order valence-electron chi connectivity index (χ4n) is 4.46. The SMILES string of the molecule is CC(C)(C)OC(=O)N1CCN(C(=O)c2cccc(C(F)(F)F)c2F)CC1.Cl.O=C(c1cccc(C(F)(F)F)c1F)N1CCNCC1. The molecule has 0 bridgehead atoms. The predicted molar refractivity (Wildman–Crippen MR) is 153 cm³/mol. The number of rotatable bonds is 2. The van der Waals surface area contributed by atoms with Gasteiger partial charge in [0.2, 0.25) is 0 Å². The molecule has 0 unspecified atom stereocenters. The molecule has 17 heteroatoms. The zero-order valence-corrected chi connectivity index (χ0v) is 25.8. The van der Waals surface area contributed by atoms with Gasteiger partial charge >= 0.3 is 18.4 Å². The van der Waals surface area contributed by atoms with E-state index in [1.54, 1.807) is 20.8 Å². The molecular formula is C29H33ClF8N4O4. The molecular weight excluding hydrogens is 656 g/mol. The maximum atomic E-state index is 14.1. The third-order valence-corrected chi connectivity index (χ3v) is 6.69. The third-order valence-electron chi connectivity index (χ3n) is 6.69. The quantitative estimate of drug-likeness (QED) is 0.401. The van der Waals surface area contributed by atoms with Crippen molar-refractivity contribution in [3.05, 3.63) is 70.3 Å². The highest BCUT2D eigenvalue weighted by molar-refractivity contribution is 5.95. The number of amides is 3. The first-order valence-corrected chi connectivity index (χ1v) is 13.8. The van der Waals surface area contributed by atoms with Crippen molar-refractivity contribution in [1.29, 1.82) is 0 Å². The predicted octanol–water partition coefficient (Wildman–Crippen LogP) is 5.85. The van der Waals surface area contributed by atoms with Crippen LogP contribution in [0.1, 0.15) is 52.6 Å². The first-order chi connectivity index (χ1) is 20.8. The summed E-state index contributed by atoms with van der Waals surface area (Å²) in [4.78, 5) is 40.3. The van der Waals surface area contributed by atoms with E-state index in [-0.39, 0.29) is 38.6 Å². The summed E-state index contributed by atoms with van der Waals surface area (Å²) in [6.45, 7) is 7.44. The summed E-state index contributed by atoms with van der Waals surface area (Å²) in [5.41, 5.74) is -4.71. The molecule has 256 valence electrons. The van der Waals surface area contributed by atoms with Crippen molar-refractivity contribution in [2.75, 3.05) is 52.4 Å². The minimum atomic E-state index is -4.88. The number of carbonyl (C=O) groups is 3. The maximum Gasteiger partial charge on any atom is 0.419 e. The summed E-state index contributed by atoms with van der Waals surface area (Å²) < 4.78 is 109. The zero-order valence-electron chi connectivity index (χ0n) is 25.0. The van der Waals surface area contributed by atoms with E-state index in [1.165, 1.54) is 14.7 Å². The van der Waals surface area contributed by atoms with Gasteiger partial charge in [-0.05, 0) is 45.0 Å². The Kier molecular flexibility index (Phi) is 12.8. The lowest BCUT2D eigenvalue weighted by molar-refractivity contribution is -0.140. The van der Waals surface area contributed by atoms with E-state index in [0.717, 1.165) is 24.3 Å². The number of halogens is 9. The molecule has 2 aromatic rings. The van der Waals surface area contributed by atoms with E-state index in [1.807, 2.05) is 0 Å². The summed E-state index contributed by atoms with van der Waals surface area (Å²) >= 11 is 0. The topological polar surface area (TPSA) is 82.2 Å². The molecule has 2 aromatic carbocycles. The first-order valence-electron chi connectivity index (χ1n) is 13.8. The average Bonchev–Trinajstić information content (AvgIpc) is 2.95. The van der Waals surface area contributed by atoms with Crippen LogP contribution in [0.25, 0.3) is 0 Å². The molecule has 0 aromatic heterocycles. The number of nitrogens with zero attached hydrogens (tertiary/aromatic N) is 3. The lowest BCUT2D eigenvalue weighted by atomic mass is 10.1. The Labute approximate surface area is 266 Å². The van der Waals surface area contributed by atoms with Crippen molar-refractivity contribution in [3.63, 3.8) is 0 Å². The number of carbonyl (C=O) groups excluding carboxylic acids is 3. The van der Waals surface area contributed by atoms with Crippen LogP contribution in [0.15, 0.2) is 36.4 Å². The summed E-state index contributed by atoms with van der Waals surface area (Å²) in [5, 5.41) is 3.00. The van der Waals surface area contributed by atoms with E-state index in [4.69, 9.17) is 4.74 Å². The molecule has 0 aliphatic carbocycles. The lowest BCUT2D eigenvalue weighted by Crippen LogP contribution is -2.51. The normalized spacial score (nSPS) is 15.8. The van der Waals surface area contributed by atoms with Gasteiger partial charge in [-0.3, -0.25) is 9.59 Å². The molecule has 0 spiro atoms. The molecule has 2 heterocycles. The standard InChI is InChI=1S/C17H20F4N2O3.C12H12F4N2O.ClH/c1-16(2,3)26-15(25)23-9-7-22(8-10-23)14(24)11-5-4-6-12(13(11)18)17(19,20)21;13-10-8(2-1-3-9(10)12(14,15)16)11(19)18-6-4-17-5-7-18;/h4-6H,7-10H2,1-3H3;1-3,17H,4-7H2;1H. The van der Waals surface area contributed by atoms with Crippen LogP contribution >= 0.6 is 12.4 Å². The highest BCUT2D eigenvalue weighted by atomic mass is 35.5. The molecule has 0 atom stereocenters. The Balaban J connectivity index is 0.000000328. The maximum absolute atomic E-state index is 14.1. The van der Waals surface area contributed by atoms with Gasteiger partial charge < -0.3 is 24.8 Å². The molecule has 3 amide bonds. The molecule has 2 fully saturated rings. The molecule has 46 heavy (non-hydrogen) atoms. The van der Waals surface area contributed by atoms with Gasteiger partial charge in [0.25, 0.3) is 11.8 Å². The second-order valence-electron chi connectivity index (χ2n) is 11.1. The van der Waals surface area contributed by atoms with Gasteiger partial charge in [-0.2, -0.15) is 26.3 Å². The van der Waals surface area contributed by atoms with E-state index in [9.17, 15) is 49.5 Å². The molecule has 1 N–H and O–H groups in total. The molecule has 0 radical (unpaired) electrons. The Morgan fingerprint density at radius 1 is 0.652 bits per heavy atom. The van der Waals surface area contributed by atoms with Gasteiger partial charge in [0.15, 0.2) is 0 Å². The van der Waals surface area contributed by atoms with Crippen molar-refractivity contribution in [2.45, 2.75) is 38.7 Å². The third kappa shape index (κ3) is 9.92. The van der Waals surface area contributed by atoms with Crippen molar-refractivity contribution < 1.29 is 54.2 Å². The van der Waals surface area contributed by atoms with Crippen LogP contribution in [0, 0.1) is 11.6 Å². The molecule has 2 aliphatic heterocycles. The zero-order chi connectivity index (χ0) is 33.7. The van der Waals surface area contributed by atoms with Crippen LogP contribution in [0.5, 0.6) is 0 Å². The molecule has 4 rings (SSSR count). The van der Waals surface area contributed by atoms with E-state index >= 15 is 0 Å². The minimum Gasteiger partial charge on any atom is -0.444 e. The molecule has 2 saturated heterocycles. The molecule has 2 aliphatic rings. The van der Waals surface area contributed by atoms with Crippen LogP contribution in [-0.4, -0.2) is 90.6 Å². The minimum absolute atomic E-state index is 0. The number of benzene rings is 2. The average molecular weight is 689 g/mol.